The number of hydrogen-bond acceptors (Lipinski definition) is 3. The first kappa shape index (κ1) is 21.2. The molecule has 1 aliphatic heterocycles. The van der Waals surface area contributed by atoms with Crippen molar-refractivity contribution in [2.24, 2.45) is 5.92 Å². The van der Waals surface area contributed by atoms with Crippen LogP contribution in [0.2, 0.25) is 0 Å². The number of aromatic nitrogens is 1. The van der Waals surface area contributed by atoms with Crippen molar-refractivity contribution in [3.63, 3.8) is 0 Å². The van der Waals surface area contributed by atoms with Crippen molar-refractivity contribution in [3.05, 3.63) is 35.3 Å². The summed E-state index contributed by atoms with van der Waals surface area (Å²) in [5.41, 5.74) is 2.45. The highest BCUT2D eigenvalue weighted by atomic mass is 19.1. The number of aromatic amines is 1. The van der Waals surface area contributed by atoms with Crippen LogP contribution in [0.3, 0.4) is 0 Å². The number of hydrogen-bond donors (Lipinski definition) is 3. The quantitative estimate of drug-likeness (QED) is 0.672. The summed E-state index contributed by atoms with van der Waals surface area (Å²) in [7, 11) is 0. The van der Waals surface area contributed by atoms with E-state index in [1.807, 2.05) is 17.0 Å². The number of carboxylic acid groups (broad SMARTS) is 1. The molecule has 2 fully saturated rings. The van der Waals surface area contributed by atoms with Crippen LogP contribution in [0.5, 0.6) is 0 Å². The SMILES string of the molecule is N#CC1(NC(=O)O)CC1.O=C(C1CCCCC1)N1CCc2[nH]c3cc(F)ccc3c2C1. The Morgan fingerprint density at radius 2 is 2.00 bits per heavy atom. The molecule has 5 rings (SSSR count). The van der Waals surface area contributed by atoms with Gasteiger partial charge < -0.3 is 20.3 Å². The lowest BCUT2D eigenvalue weighted by Crippen LogP contribution is -2.40. The predicted octanol–water partition coefficient (Wildman–Crippen LogP) is 4.08. The second-order valence-electron chi connectivity index (χ2n) is 8.74. The molecule has 8 heteroatoms. The maximum absolute atomic E-state index is 13.4. The Hall–Kier alpha value is -3.08. The molecule has 0 unspecified atom stereocenters. The first-order valence-electron chi connectivity index (χ1n) is 10.9. The third-order valence-corrected chi connectivity index (χ3v) is 6.51. The lowest BCUT2D eigenvalue weighted by Gasteiger charge is -2.32. The van der Waals surface area contributed by atoms with Gasteiger partial charge in [0.2, 0.25) is 5.91 Å². The van der Waals surface area contributed by atoms with Gasteiger partial charge in [-0.3, -0.25) is 4.79 Å². The summed E-state index contributed by atoms with van der Waals surface area (Å²) >= 11 is 0. The highest BCUT2D eigenvalue weighted by Gasteiger charge is 2.44. The summed E-state index contributed by atoms with van der Waals surface area (Å²) in [6.45, 7) is 1.44. The predicted molar refractivity (Wildman–Crippen MR) is 113 cm³/mol. The first-order valence-corrected chi connectivity index (χ1v) is 10.9. The van der Waals surface area contributed by atoms with Crippen LogP contribution in [0, 0.1) is 23.1 Å². The van der Waals surface area contributed by atoms with E-state index in [4.69, 9.17) is 10.4 Å². The maximum Gasteiger partial charge on any atom is 0.405 e. The van der Waals surface area contributed by atoms with Crippen molar-refractivity contribution in [3.8, 4) is 6.07 Å². The minimum atomic E-state index is -1.12. The summed E-state index contributed by atoms with van der Waals surface area (Å²) in [6.07, 6.45) is 6.73. The number of nitriles is 1. The highest BCUT2D eigenvalue weighted by molar-refractivity contribution is 5.86. The van der Waals surface area contributed by atoms with Crippen molar-refractivity contribution in [2.75, 3.05) is 6.54 Å². The van der Waals surface area contributed by atoms with E-state index in [2.05, 4.69) is 10.3 Å². The summed E-state index contributed by atoms with van der Waals surface area (Å²) < 4.78 is 13.4. The Balaban J connectivity index is 0.000000217. The van der Waals surface area contributed by atoms with Gasteiger partial charge in [-0.1, -0.05) is 19.3 Å². The molecule has 164 valence electrons. The fourth-order valence-electron chi connectivity index (χ4n) is 4.58. The summed E-state index contributed by atoms with van der Waals surface area (Å²) in [6, 6.07) is 6.76. The minimum Gasteiger partial charge on any atom is -0.465 e. The number of rotatable bonds is 2. The molecule has 7 nitrogen and oxygen atoms in total. The van der Waals surface area contributed by atoms with Gasteiger partial charge in [0, 0.05) is 47.6 Å². The van der Waals surface area contributed by atoms with E-state index < -0.39 is 11.6 Å². The normalized spacial score (nSPS) is 19.5. The van der Waals surface area contributed by atoms with E-state index in [1.54, 1.807) is 6.07 Å². The molecule has 1 aromatic heterocycles. The molecular weight excluding hydrogens is 399 g/mol. The zero-order valence-corrected chi connectivity index (χ0v) is 17.4. The summed E-state index contributed by atoms with van der Waals surface area (Å²) in [5, 5.41) is 19.7. The van der Waals surface area contributed by atoms with E-state index in [1.165, 1.54) is 30.9 Å². The van der Waals surface area contributed by atoms with Gasteiger partial charge in [-0.2, -0.15) is 5.26 Å². The zero-order valence-electron chi connectivity index (χ0n) is 17.4. The average Bonchev–Trinajstić information content (AvgIpc) is 3.45. The molecule has 31 heavy (non-hydrogen) atoms. The molecule has 3 N–H and O–H groups in total. The molecular formula is C23H27FN4O3. The van der Waals surface area contributed by atoms with Gasteiger partial charge in [-0.15, -0.1) is 0 Å². The monoisotopic (exact) mass is 426 g/mol. The number of benzene rings is 1. The standard InChI is InChI=1S/C18H21FN2O.C5H6N2O2/c19-13-6-7-14-15-11-21(9-8-16(15)20-17(14)10-13)18(22)12-4-2-1-3-5-12;6-3-5(1-2-5)7-4(8)9/h6-7,10,12,20H,1-5,8-9,11H2;7H,1-2H2,(H,8,9). The number of halogens is 1. The fraction of sp³-hybridized carbons (Fsp3) is 0.522. The molecule has 0 spiro atoms. The van der Waals surface area contributed by atoms with E-state index >= 15 is 0 Å². The van der Waals surface area contributed by atoms with Gasteiger partial charge >= 0.3 is 6.09 Å². The smallest absolute Gasteiger partial charge is 0.405 e. The van der Waals surface area contributed by atoms with Gasteiger partial charge in [-0.25, -0.2) is 9.18 Å². The number of fused-ring (bicyclic) bond motifs is 3. The molecule has 0 bridgehead atoms. The van der Waals surface area contributed by atoms with Crippen LogP contribution >= 0.6 is 0 Å². The Bertz CT molecular complexity index is 1030. The highest BCUT2D eigenvalue weighted by Crippen LogP contribution is 2.34. The average molecular weight is 426 g/mol. The minimum absolute atomic E-state index is 0.220. The van der Waals surface area contributed by atoms with Crippen molar-refractivity contribution < 1.29 is 19.1 Å². The third-order valence-electron chi connectivity index (χ3n) is 6.51. The van der Waals surface area contributed by atoms with Crippen LogP contribution in [0.1, 0.15) is 56.2 Å². The van der Waals surface area contributed by atoms with Crippen molar-refractivity contribution >= 4 is 22.9 Å². The van der Waals surface area contributed by atoms with Crippen LogP contribution in [0.15, 0.2) is 18.2 Å². The van der Waals surface area contributed by atoms with Gasteiger partial charge in [0.05, 0.1) is 6.07 Å². The summed E-state index contributed by atoms with van der Waals surface area (Å²) in [4.78, 5) is 28.0. The molecule has 0 saturated heterocycles. The molecule has 0 atom stereocenters. The Kier molecular flexibility index (Phi) is 5.86. The van der Waals surface area contributed by atoms with E-state index in [0.717, 1.165) is 42.4 Å². The molecule has 0 radical (unpaired) electrons. The van der Waals surface area contributed by atoms with Crippen molar-refractivity contribution in [1.29, 1.82) is 5.26 Å². The number of amides is 2. The zero-order chi connectivity index (χ0) is 22.0. The van der Waals surface area contributed by atoms with Crippen molar-refractivity contribution in [1.82, 2.24) is 15.2 Å². The fourth-order valence-corrected chi connectivity index (χ4v) is 4.58. The van der Waals surface area contributed by atoms with E-state index in [0.29, 0.717) is 25.3 Å². The Morgan fingerprint density at radius 3 is 2.61 bits per heavy atom. The summed E-state index contributed by atoms with van der Waals surface area (Å²) in [5.74, 6) is 0.320. The van der Waals surface area contributed by atoms with Gasteiger partial charge in [0.25, 0.3) is 0 Å². The molecule has 2 aromatic rings. The number of H-pyrrole nitrogens is 1. The van der Waals surface area contributed by atoms with Crippen LogP contribution < -0.4 is 5.32 Å². The van der Waals surface area contributed by atoms with Crippen LogP contribution in [0.4, 0.5) is 9.18 Å². The first-order chi connectivity index (χ1) is 14.9. The third kappa shape index (κ3) is 4.66. The largest absolute Gasteiger partial charge is 0.465 e. The topological polar surface area (TPSA) is 109 Å². The molecule has 2 heterocycles. The molecule has 2 saturated carbocycles. The lowest BCUT2D eigenvalue weighted by molar-refractivity contribution is -0.137. The number of nitrogens with zero attached hydrogens (tertiary/aromatic N) is 2. The number of carbonyl (C=O) groups excluding carboxylic acids is 1. The van der Waals surface area contributed by atoms with Crippen molar-refractivity contribution in [2.45, 2.75) is 63.5 Å². The molecule has 1 aromatic carbocycles. The molecule has 2 amide bonds. The van der Waals surface area contributed by atoms with Crippen LogP contribution in [-0.4, -0.2) is 39.1 Å². The number of nitrogens with one attached hydrogen (secondary N) is 2. The van der Waals surface area contributed by atoms with Crippen LogP contribution in [0.25, 0.3) is 10.9 Å². The van der Waals surface area contributed by atoms with E-state index in [-0.39, 0.29) is 11.7 Å². The van der Waals surface area contributed by atoms with Gasteiger partial charge in [0.1, 0.15) is 11.4 Å². The van der Waals surface area contributed by atoms with E-state index in [9.17, 15) is 14.0 Å². The molecule has 3 aliphatic rings. The van der Waals surface area contributed by atoms with Crippen LogP contribution in [-0.2, 0) is 17.8 Å². The Labute approximate surface area is 180 Å². The van der Waals surface area contributed by atoms with Gasteiger partial charge in [-0.05, 0) is 43.9 Å². The van der Waals surface area contributed by atoms with Gasteiger partial charge in [0.15, 0.2) is 0 Å². The maximum atomic E-state index is 13.4. The molecule has 2 aliphatic carbocycles. The second kappa shape index (κ2) is 8.58. The Morgan fingerprint density at radius 1 is 1.26 bits per heavy atom. The lowest BCUT2D eigenvalue weighted by atomic mass is 9.87. The number of carbonyl (C=O) groups is 2. The second-order valence-corrected chi connectivity index (χ2v) is 8.74.